The SMILES string of the molecule is Cc1cc2nc(COC(=O)c3ccccc3NC(=O)COc3ccccc3F)cc(=O)n2o1. The summed E-state index contributed by atoms with van der Waals surface area (Å²) in [5, 5.41) is 2.55. The van der Waals surface area contributed by atoms with Crippen molar-refractivity contribution in [3.8, 4) is 5.75 Å². The van der Waals surface area contributed by atoms with Crippen LogP contribution in [0.25, 0.3) is 5.65 Å². The third-order valence-electron chi connectivity index (χ3n) is 4.49. The molecule has 0 atom stereocenters. The highest BCUT2D eigenvalue weighted by molar-refractivity contribution is 6.01. The van der Waals surface area contributed by atoms with Gasteiger partial charge in [0.05, 0.1) is 16.9 Å². The predicted octanol–water partition coefficient (Wildman–Crippen LogP) is 3.11. The Kier molecular flexibility index (Phi) is 6.16. The van der Waals surface area contributed by atoms with Crippen LogP contribution in [0.3, 0.4) is 0 Å². The van der Waals surface area contributed by atoms with Crippen molar-refractivity contribution in [2.24, 2.45) is 0 Å². The average molecular weight is 451 g/mol. The van der Waals surface area contributed by atoms with Crippen molar-refractivity contribution in [2.45, 2.75) is 13.5 Å². The first-order chi connectivity index (χ1) is 15.9. The minimum absolute atomic E-state index is 0.0615. The lowest BCUT2D eigenvalue weighted by molar-refractivity contribution is -0.118. The van der Waals surface area contributed by atoms with Crippen LogP contribution in [-0.2, 0) is 16.1 Å². The maximum atomic E-state index is 13.6. The van der Waals surface area contributed by atoms with E-state index in [-0.39, 0.29) is 29.3 Å². The molecule has 1 N–H and O–H groups in total. The minimum atomic E-state index is -0.730. The number of rotatable bonds is 7. The summed E-state index contributed by atoms with van der Waals surface area (Å²) in [5.74, 6) is -1.46. The fourth-order valence-corrected chi connectivity index (χ4v) is 3.03. The number of carbonyl (C=O) groups is 2. The first-order valence-electron chi connectivity index (χ1n) is 9.83. The van der Waals surface area contributed by atoms with E-state index in [1.165, 1.54) is 36.4 Å². The van der Waals surface area contributed by atoms with Gasteiger partial charge in [-0.05, 0) is 31.2 Å². The first kappa shape index (κ1) is 21.8. The summed E-state index contributed by atoms with van der Waals surface area (Å²) in [4.78, 5) is 41.2. The Hall–Kier alpha value is -4.47. The molecule has 0 aliphatic carbocycles. The van der Waals surface area contributed by atoms with Crippen molar-refractivity contribution < 1.29 is 28.0 Å². The molecule has 33 heavy (non-hydrogen) atoms. The molecule has 2 aromatic heterocycles. The Morgan fingerprint density at radius 2 is 1.88 bits per heavy atom. The zero-order valence-corrected chi connectivity index (χ0v) is 17.4. The van der Waals surface area contributed by atoms with Crippen LogP contribution in [0.5, 0.6) is 5.75 Å². The third-order valence-corrected chi connectivity index (χ3v) is 4.49. The van der Waals surface area contributed by atoms with Crippen LogP contribution in [0.1, 0.15) is 21.8 Å². The van der Waals surface area contributed by atoms with Crippen molar-refractivity contribution in [3.63, 3.8) is 0 Å². The van der Waals surface area contributed by atoms with Gasteiger partial charge in [-0.1, -0.05) is 24.3 Å². The molecule has 0 radical (unpaired) electrons. The summed E-state index contributed by atoms with van der Waals surface area (Å²) in [7, 11) is 0. The smallest absolute Gasteiger partial charge is 0.340 e. The van der Waals surface area contributed by atoms with E-state index >= 15 is 0 Å². The second-order valence-corrected chi connectivity index (χ2v) is 6.97. The van der Waals surface area contributed by atoms with E-state index in [9.17, 15) is 18.8 Å². The highest BCUT2D eigenvalue weighted by Crippen LogP contribution is 2.18. The number of aryl methyl sites for hydroxylation is 1. The highest BCUT2D eigenvalue weighted by atomic mass is 19.1. The van der Waals surface area contributed by atoms with E-state index in [1.54, 1.807) is 31.2 Å². The third kappa shape index (κ3) is 5.06. The zero-order chi connectivity index (χ0) is 23.4. The first-order valence-corrected chi connectivity index (χ1v) is 9.83. The fourth-order valence-electron chi connectivity index (χ4n) is 3.03. The molecule has 2 heterocycles. The average Bonchev–Trinajstić information content (AvgIpc) is 3.18. The van der Waals surface area contributed by atoms with Gasteiger partial charge in [0.25, 0.3) is 11.5 Å². The minimum Gasteiger partial charge on any atom is -0.481 e. The summed E-state index contributed by atoms with van der Waals surface area (Å²) >= 11 is 0. The Bertz CT molecular complexity index is 1390. The molecule has 0 unspecified atom stereocenters. The molecule has 0 fully saturated rings. The maximum absolute atomic E-state index is 13.6. The number of carbonyl (C=O) groups excluding carboxylic acids is 2. The fraction of sp³-hybridized carbons (Fsp3) is 0.130. The lowest BCUT2D eigenvalue weighted by atomic mass is 10.2. The Morgan fingerprint density at radius 3 is 2.70 bits per heavy atom. The predicted molar refractivity (Wildman–Crippen MR) is 115 cm³/mol. The van der Waals surface area contributed by atoms with Crippen molar-refractivity contribution in [2.75, 3.05) is 11.9 Å². The molecule has 9 nitrogen and oxygen atoms in total. The summed E-state index contributed by atoms with van der Waals surface area (Å²) in [6, 6.07) is 14.7. The summed E-state index contributed by atoms with van der Waals surface area (Å²) in [6.07, 6.45) is 0. The number of halogens is 1. The molecule has 4 aromatic rings. The van der Waals surface area contributed by atoms with Gasteiger partial charge in [0, 0.05) is 12.1 Å². The Balaban J connectivity index is 1.41. The van der Waals surface area contributed by atoms with Crippen molar-refractivity contribution >= 4 is 23.2 Å². The summed E-state index contributed by atoms with van der Waals surface area (Å²) in [5.41, 5.74) is 0.386. The molecule has 4 rings (SSSR count). The van der Waals surface area contributed by atoms with Gasteiger partial charge in [-0.15, -0.1) is 4.57 Å². The van der Waals surface area contributed by atoms with Crippen molar-refractivity contribution in [1.82, 2.24) is 9.56 Å². The van der Waals surface area contributed by atoms with Gasteiger partial charge in [0.2, 0.25) is 0 Å². The van der Waals surface area contributed by atoms with Crippen molar-refractivity contribution in [3.05, 3.63) is 93.9 Å². The highest BCUT2D eigenvalue weighted by Gasteiger charge is 2.16. The number of nitrogens with one attached hydrogen (secondary N) is 1. The molecule has 2 aromatic carbocycles. The normalized spacial score (nSPS) is 10.7. The number of fused-ring (bicyclic) bond motifs is 1. The number of hydrogen-bond donors (Lipinski definition) is 1. The Morgan fingerprint density at radius 1 is 1.12 bits per heavy atom. The topological polar surface area (TPSA) is 112 Å². The maximum Gasteiger partial charge on any atom is 0.340 e. The van der Waals surface area contributed by atoms with E-state index in [0.717, 1.165) is 4.57 Å². The molecule has 0 aliphatic rings. The lowest BCUT2D eigenvalue weighted by Crippen LogP contribution is -2.22. The lowest BCUT2D eigenvalue weighted by Gasteiger charge is -2.11. The molecule has 1 amide bonds. The van der Waals surface area contributed by atoms with Crippen LogP contribution in [0.15, 0.2) is 70.0 Å². The number of amides is 1. The molecule has 10 heteroatoms. The monoisotopic (exact) mass is 451 g/mol. The molecular formula is C23H18FN3O6. The van der Waals surface area contributed by atoms with Crippen LogP contribution in [0.4, 0.5) is 10.1 Å². The van der Waals surface area contributed by atoms with Crippen LogP contribution in [-0.4, -0.2) is 28.0 Å². The standard InChI is InChI=1S/C23H18FN3O6/c1-14-10-20-25-15(11-22(29)27(20)33-14)12-32-23(30)16-6-2-4-8-18(16)26-21(28)13-31-19-9-5-3-7-17(19)24/h2-11H,12-13H2,1H3,(H,26,28). The van der Waals surface area contributed by atoms with E-state index in [4.69, 9.17) is 14.0 Å². The molecule has 0 aliphatic heterocycles. The van der Waals surface area contributed by atoms with Gasteiger partial charge in [0.15, 0.2) is 23.8 Å². The number of esters is 1. The van der Waals surface area contributed by atoms with Gasteiger partial charge < -0.3 is 19.3 Å². The largest absolute Gasteiger partial charge is 0.481 e. The second kappa shape index (κ2) is 9.35. The van der Waals surface area contributed by atoms with Gasteiger partial charge in [-0.2, -0.15) is 0 Å². The van der Waals surface area contributed by atoms with E-state index < -0.39 is 29.9 Å². The number of nitrogens with zero attached hydrogens (tertiary/aromatic N) is 2. The number of anilines is 1. The number of ether oxygens (including phenoxy) is 2. The molecule has 0 saturated carbocycles. The zero-order valence-electron chi connectivity index (χ0n) is 17.4. The van der Waals surface area contributed by atoms with E-state index in [1.807, 2.05) is 0 Å². The van der Waals surface area contributed by atoms with Crippen LogP contribution >= 0.6 is 0 Å². The van der Waals surface area contributed by atoms with E-state index in [2.05, 4.69) is 10.3 Å². The number of aromatic nitrogens is 2. The van der Waals surface area contributed by atoms with Gasteiger partial charge in [-0.25, -0.2) is 14.2 Å². The van der Waals surface area contributed by atoms with Crippen LogP contribution < -0.4 is 15.6 Å². The quantitative estimate of drug-likeness (QED) is 0.430. The van der Waals surface area contributed by atoms with Gasteiger partial charge in [-0.3, -0.25) is 9.59 Å². The molecule has 0 bridgehead atoms. The Labute approximate surface area is 186 Å². The van der Waals surface area contributed by atoms with Gasteiger partial charge in [0.1, 0.15) is 12.4 Å². The number of benzene rings is 2. The number of para-hydroxylation sites is 2. The molecular weight excluding hydrogens is 433 g/mol. The van der Waals surface area contributed by atoms with Crippen LogP contribution in [0, 0.1) is 12.7 Å². The second-order valence-electron chi connectivity index (χ2n) is 6.97. The van der Waals surface area contributed by atoms with Crippen LogP contribution in [0.2, 0.25) is 0 Å². The van der Waals surface area contributed by atoms with Gasteiger partial charge >= 0.3 is 5.97 Å². The summed E-state index contributed by atoms with van der Waals surface area (Å²) in [6.45, 7) is 0.968. The molecule has 168 valence electrons. The summed E-state index contributed by atoms with van der Waals surface area (Å²) < 4.78 is 30.3. The molecule has 0 saturated heterocycles. The van der Waals surface area contributed by atoms with Crippen molar-refractivity contribution in [1.29, 1.82) is 0 Å². The molecule has 0 spiro atoms. The van der Waals surface area contributed by atoms with E-state index in [0.29, 0.717) is 11.4 Å². The number of hydrogen-bond acceptors (Lipinski definition) is 7.